The van der Waals surface area contributed by atoms with E-state index < -0.39 is 10.0 Å². The molecule has 2 aromatic rings. The fourth-order valence-electron chi connectivity index (χ4n) is 3.98. The number of fused-ring (bicyclic) bond motifs is 1. The minimum absolute atomic E-state index is 0.000422. The van der Waals surface area contributed by atoms with Gasteiger partial charge in [-0.2, -0.15) is 8.42 Å². The number of rotatable bonds is 3. The summed E-state index contributed by atoms with van der Waals surface area (Å²) in [5.74, 6) is 0.194. The molecule has 0 aromatic heterocycles. The van der Waals surface area contributed by atoms with Crippen LogP contribution in [0.1, 0.15) is 24.0 Å². The molecule has 0 saturated carbocycles. The predicted molar refractivity (Wildman–Crippen MR) is 117 cm³/mol. The second-order valence-corrected chi connectivity index (χ2v) is 10.0. The van der Waals surface area contributed by atoms with Gasteiger partial charge in [0.15, 0.2) is 5.84 Å². The van der Waals surface area contributed by atoms with Crippen molar-refractivity contribution >= 4 is 45.0 Å². The monoisotopic (exact) mass is 465 g/mol. The second kappa shape index (κ2) is 8.21. The van der Waals surface area contributed by atoms with Crippen LogP contribution in [0.2, 0.25) is 10.0 Å². The van der Waals surface area contributed by atoms with Crippen LogP contribution < -0.4 is 0 Å². The van der Waals surface area contributed by atoms with Crippen molar-refractivity contribution < 1.29 is 13.2 Å². The average Bonchev–Trinajstić information content (AvgIpc) is 3.01. The molecule has 0 radical (unpaired) electrons. The van der Waals surface area contributed by atoms with Gasteiger partial charge in [-0.05, 0) is 42.7 Å². The summed E-state index contributed by atoms with van der Waals surface area (Å²) in [6.45, 7) is 1.48. The average molecular weight is 466 g/mol. The number of nitrogens with zero attached hydrogens (tertiary/aromatic N) is 3. The molecule has 30 heavy (non-hydrogen) atoms. The van der Waals surface area contributed by atoms with Gasteiger partial charge in [0, 0.05) is 42.3 Å². The molecule has 2 aromatic carbocycles. The van der Waals surface area contributed by atoms with Crippen LogP contribution in [0.3, 0.4) is 0 Å². The second-order valence-electron chi connectivity index (χ2n) is 7.60. The molecule has 0 unspecified atom stereocenters. The van der Waals surface area contributed by atoms with E-state index in [1.165, 1.54) is 0 Å². The lowest BCUT2D eigenvalue weighted by Gasteiger charge is -2.35. The van der Waals surface area contributed by atoms with E-state index in [0.29, 0.717) is 41.1 Å². The Labute approximate surface area is 186 Å². The fraction of sp³-hybridized carbons (Fsp3) is 0.333. The number of carbonyl (C=O) groups excluding carboxylic acids is 1. The van der Waals surface area contributed by atoms with Gasteiger partial charge in [0.25, 0.3) is 10.0 Å². The lowest BCUT2D eigenvalue weighted by molar-refractivity contribution is -0.136. The van der Waals surface area contributed by atoms with E-state index >= 15 is 0 Å². The van der Waals surface area contributed by atoms with Crippen molar-refractivity contribution in [1.29, 1.82) is 0 Å². The number of benzene rings is 2. The Hall–Kier alpha value is -2.09. The Morgan fingerprint density at radius 1 is 1.23 bits per heavy atom. The molecule has 0 N–H and O–H groups in total. The number of halogens is 2. The molecule has 9 heteroatoms. The zero-order valence-electron chi connectivity index (χ0n) is 16.4. The number of sulfonamides is 1. The topological polar surface area (TPSA) is 70.1 Å². The van der Waals surface area contributed by atoms with E-state index in [9.17, 15) is 13.2 Å². The van der Waals surface area contributed by atoms with Crippen molar-refractivity contribution in [1.82, 2.24) is 9.80 Å². The molecular formula is C21H21Cl2N3O3S. The molecule has 0 bridgehead atoms. The van der Waals surface area contributed by atoms with Gasteiger partial charge in [0.1, 0.15) is 4.90 Å². The molecule has 2 heterocycles. The van der Waals surface area contributed by atoms with Gasteiger partial charge in [-0.25, -0.2) is 0 Å². The molecule has 0 aliphatic carbocycles. The van der Waals surface area contributed by atoms with Gasteiger partial charge in [-0.15, -0.1) is 4.40 Å². The molecule has 1 fully saturated rings. The fourth-order valence-corrected chi connectivity index (χ4v) is 5.68. The molecule has 1 atom stereocenters. The van der Waals surface area contributed by atoms with Crippen LogP contribution in [0.4, 0.5) is 0 Å². The van der Waals surface area contributed by atoms with Gasteiger partial charge in [0.05, 0.1) is 5.92 Å². The van der Waals surface area contributed by atoms with Crippen molar-refractivity contribution in [3.8, 4) is 0 Å². The molecule has 158 valence electrons. The summed E-state index contributed by atoms with van der Waals surface area (Å²) in [5, 5.41) is 1.07. The van der Waals surface area contributed by atoms with E-state index in [-0.39, 0.29) is 16.7 Å². The van der Waals surface area contributed by atoms with Gasteiger partial charge < -0.3 is 9.80 Å². The minimum Gasteiger partial charge on any atom is -0.355 e. The van der Waals surface area contributed by atoms with Crippen molar-refractivity contribution in [2.45, 2.75) is 24.3 Å². The first-order chi connectivity index (χ1) is 14.3. The highest BCUT2D eigenvalue weighted by Gasteiger charge is 2.35. The van der Waals surface area contributed by atoms with E-state index in [1.807, 2.05) is 11.0 Å². The van der Waals surface area contributed by atoms with Crippen molar-refractivity contribution in [3.05, 3.63) is 63.6 Å². The molecule has 2 aliphatic rings. The van der Waals surface area contributed by atoms with Crippen molar-refractivity contribution in [2.24, 2.45) is 10.3 Å². The van der Waals surface area contributed by atoms with Crippen LogP contribution in [-0.4, -0.2) is 50.1 Å². The van der Waals surface area contributed by atoms with Crippen molar-refractivity contribution in [2.75, 3.05) is 20.1 Å². The smallest absolute Gasteiger partial charge is 0.285 e. The minimum atomic E-state index is -3.68. The predicted octanol–water partition coefficient (Wildman–Crippen LogP) is 3.81. The molecule has 2 aliphatic heterocycles. The van der Waals surface area contributed by atoms with Gasteiger partial charge >= 0.3 is 0 Å². The third kappa shape index (κ3) is 4.06. The van der Waals surface area contributed by atoms with Crippen LogP contribution in [0.15, 0.2) is 51.8 Å². The summed E-state index contributed by atoms with van der Waals surface area (Å²) in [6, 6.07) is 12.0. The first-order valence-corrected chi connectivity index (χ1v) is 11.8. The van der Waals surface area contributed by atoms with Gasteiger partial charge in [-0.3, -0.25) is 4.79 Å². The molecule has 0 spiro atoms. The lowest BCUT2D eigenvalue weighted by atomic mass is 9.95. The van der Waals surface area contributed by atoms with Gasteiger partial charge in [0.2, 0.25) is 5.91 Å². The first-order valence-electron chi connectivity index (χ1n) is 9.64. The van der Waals surface area contributed by atoms with Crippen LogP contribution in [0, 0.1) is 5.92 Å². The number of hydrogen-bond acceptors (Lipinski definition) is 4. The van der Waals surface area contributed by atoms with Gasteiger partial charge in [-0.1, -0.05) is 41.4 Å². The molecule has 4 rings (SSSR count). The number of amides is 1. The molecule has 1 saturated heterocycles. The summed E-state index contributed by atoms with van der Waals surface area (Å²) in [5.41, 5.74) is 1.43. The van der Waals surface area contributed by atoms with E-state index in [4.69, 9.17) is 23.2 Å². The largest absolute Gasteiger partial charge is 0.355 e. The Morgan fingerprint density at radius 3 is 2.77 bits per heavy atom. The lowest BCUT2D eigenvalue weighted by Crippen LogP contribution is -2.45. The third-order valence-electron chi connectivity index (χ3n) is 5.48. The summed E-state index contributed by atoms with van der Waals surface area (Å²) in [7, 11) is -1.93. The summed E-state index contributed by atoms with van der Waals surface area (Å²) in [4.78, 5) is 16.9. The van der Waals surface area contributed by atoms with E-state index in [1.54, 1.807) is 48.3 Å². The number of amidine groups is 1. The highest BCUT2D eigenvalue weighted by molar-refractivity contribution is 7.90. The zero-order valence-corrected chi connectivity index (χ0v) is 18.7. The van der Waals surface area contributed by atoms with E-state index in [2.05, 4.69) is 4.40 Å². The third-order valence-corrected chi connectivity index (χ3v) is 7.39. The number of carbonyl (C=O) groups is 1. The quantitative estimate of drug-likeness (QED) is 0.690. The normalized spacial score (nSPS) is 19.9. The highest BCUT2D eigenvalue weighted by atomic mass is 35.5. The molecular weight excluding hydrogens is 445 g/mol. The van der Waals surface area contributed by atoms with Crippen LogP contribution in [0.25, 0.3) is 0 Å². The van der Waals surface area contributed by atoms with Crippen LogP contribution in [0.5, 0.6) is 0 Å². The van der Waals surface area contributed by atoms with E-state index in [0.717, 1.165) is 18.4 Å². The Bertz CT molecular complexity index is 1130. The summed E-state index contributed by atoms with van der Waals surface area (Å²) >= 11 is 12.2. The number of piperidine rings is 1. The SMILES string of the molecule is CN(Cc1ccc(Cl)cc1Cl)C(=O)[C@@H]1CCCN(C2=NS(=O)(=O)c3ccccc32)C1. The maximum Gasteiger partial charge on any atom is 0.285 e. The van der Waals surface area contributed by atoms with Crippen LogP contribution in [-0.2, 0) is 21.4 Å². The molecule has 1 amide bonds. The summed E-state index contributed by atoms with van der Waals surface area (Å²) < 4.78 is 28.8. The highest BCUT2D eigenvalue weighted by Crippen LogP contribution is 2.30. The number of likely N-dealkylation sites (tertiary alicyclic amines) is 1. The standard InChI is InChI=1S/C21H21Cl2N3O3S/c1-25(12-14-8-9-16(22)11-18(14)23)21(27)15-5-4-10-26(13-15)20-17-6-2-3-7-19(17)30(28,29)24-20/h2-3,6-9,11,15H,4-5,10,12-13H2,1H3/t15-/m1/s1. The van der Waals surface area contributed by atoms with Crippen LogP contribution >= 0.6 is 23.2 Å². The molecule has 6 nitrogen and oxygen atoms in total. The zero-order chi connectivity index (χ0) is 21.5. The Kier molecular flexibility index (Phi) is 5.79. The Balaban J connectivity index is 1.50. The van der Waals surface area contributed by atoms with Crippen molar-refractivity contribution in [3.63, 3.8) is 0 Å². The first kappa shape index (κ1) is 21.2. The summed E-state index contributed by atoms with van der Waals surface area (Å²) in [6.07, 6.45) is 1.53. The maximum atomic E-state index is 13.1. The number of hydrogen-bond donors (Lipinski definition) is 0. The Morgan fingerprint density at radius 2 is 2.00 bits per heavy atom. The maximum absolute atomic E-state index is 13.1.